The number of aromatic nitrogens is 3. The molecule has 0 fully saturated rings. The summed E-state index contributed by atoms with van der Waals surface area (Å²) in [5.74, 6) is 1.21. The van der Waals surface area contributed by atoms with Gasteiger partial charge in [-0.05, 0) is 64.3 Å². The fourth-order valence-corrected chi connectivity index (χ4v) is 5.10. The minimum atomic E-state index is -0.643. The molecule has 2 N–H and O–H groups in total. The highest BCUT2D eigenvalue weighted by molar-refractivity contribution is 6.06. The third-order valence-corrected chi connectivity index (χ3v) is 6.75. The minimum Gasteiger partial charge on any atom is -0.443 e. The Morgan fingerprint density at radius 3 is 2.51 bits per heavy atom. The fraction of sp³-hybridized carbons (Fsp3) is 0.333. The van der Waals surface area contributed by atoms with E-state index >= 15 is 0 Å². The molecule has 9 nitrogen and oxygen atoms in total. The molecule has 4 aromatic rings. The number of aryl methyl sites for hydroxylation is 1. The fourth-order valence-electron chi connectivity index (χ4n) is 5.10. The van der Waals surface area contributed by atoms with Crippen molar-refractivity contribution < 1.29 is 14.3 Å². The lowest BCUT2D eigenvalue weighted by molar-refractivity contribution is 0.0576. The summed E-state index contributed by atoms with van der Waals surface area (Å²) >= 11 is 0. The van der Waals surface area contributed by atoms with Crippen LogP contribution in [0.3, 0.4) is 0 Å². The molecule has 2 aromatic heterocycles. The summed E-state index contributed by atoms with van der Waals surface area (Å²) in [6.45, 7) is 8.63. The van der Waals surface area contributed by atoms with Gasteiger partial charge in [0.05, 0.1) is 5.52 Å². The molecule has 0 saturated heterocycles. The second-order valence-electron chi connectivity index (χ2n) is 11.0. The number of carbonyl (C=O) groups excluding carboxylic acids is 2. The van der Waals surface area contributed by atoms with E-state index in [4.69, 9.17) is 20.4 Å². The van der Waals surface area contributed by atoms with Crippen LogP contribution in [-0.2, 0) is 17.7 Å². The Kier molecular flexibility index (Phi) is 6.76. The van der Waals surface area contributed by atoms with Crippen LogP contribution in [0.15, 0.2) is 54.6 Å². The molecule has 0 aliphatic carbocycles. The van der Waals surface area contributed by atoms with Crippen LogP contribution < -0.4 is 15.5 Å². The number of nitrogens with zero attached hydrogens (tertiary/aromatic N) is 5. The first kappa shape index (κ1) is 26.2. The molecule has 0 radical (unpaired) electrons. The standard InChI is InChI=1S/C30H34N6O3/c1-19-17-23-21(25(31)37)13-9-15-24(23)36(19)28-32-26(34(5)18-20-11-7-6-8-12-20)22-14-10-16-35(27(22)33-28)29(38)39-30(2,3)4/h6-9,11-13,15,17H,10,14,16,18H2,1-5H3,(H2,31,37). The van der Waals surface area contributed by atoms with E-state index in [0.29, 0.717) is 30.4 Å². The molecule has 2 amide bonds. The van der Waals surface area contributed by atoms with Crippen molar-refractivity contribution >= 4 is 34.5 Å². The first-order chi connectivity index (χ1) is 18.5. The third kappa shape index (κ3) is 5.16. The normalized spacial score (nSPS) is 13.3. The van der Waals surface area contributed by atoms with E-state index in [1.54, 1.807) is 17.0 Å². The van der Waals surface area contributed by atoms with Crippen LogP contribution in [0.2, 0.25) is 0 Å². The van der Waals surface area contributed by atoms with Gasteiger partial charge in [-0.15, -0.1) is 0 Å². The van der Waals surface area contributed by atoms with E-state index in [1.165, 1.54) is 0 Å². The maximum absolute atomic E-state index is 13.3. The molecule has 9 heteroatoms. The number of anilines is 2. The van der Waals surface area contributed by atoms with Crippen molar-refractivity contribution in [2.45, 2.75) is 52.7 Å². The minimum absolute atomic E-state index is 0.410. The molecule has 202 valence electrons. The number of fused-ring (bicyclic) bond motifs is 2. The zero-order valence-electron chi connectivity index (χ0n) is 23.1. The summed E-state index contributed by atoms with van der Waals surface area (Å²) in [6.07, 6.45) is 1.07. The lowest BCUT2D eigenvalue weighted by Gasteiger charge is -2.33. The molecule has 39 heavy (non-hydrogen) atoms. The van der Waals surface area contributed by atoms with Gasteiger partial charge in [0.1, 0.15) is 17.2 Å². The van der Waals surface area contributed by atoms with E-state index in [0.717, 1.165) is 46.4 Å². The zero-order chi connectivity index (χ0) is 27.9. The highest BCUT2D eigenvalue weighted by Gasteiger charge is 2.32. The molecule has 0 spiro atoms. The monoisotopic (exact) mass is 526 g/mol. The van der Waals surface area contributed by atoms with Crippen LogP contribution in [-0.4, -0.2) is 45.7 Å². The maximum atomic E-state index is 13.3. The van der Waals surface area contributed by atoms with Crippen LogP contribution >= 0.6 is 0 Å². The number of benzene rings is 2. The van der Waals surface area contributed by atoms with Gasteiger partial charge in [0, 0.05) is 42.3 Å². The van der Waals surface area contributed by atoms with Crippen molar-refractivity contribution in [1.82, 2.24) is 14.5 Å². The number of primary amides is 1. The van der Waals surface area contributed by atoms with Crippen molar-refractivity contribution in [3.8, 4) is 5.95 Å². The quantitative estimate of drug-likeness (QED) is 0.385. The number of nitrogens with two attached hydrogens (primary N) is 1. The van der Waals surface area contributed by atoms with Crippen molar-refractivity contribution in [1.29, 1.82) is 0 Å². The van der Waals surface area contributed by atoms with Crippen molar-refractivity contribution in [3.05, 3.63) is 77.0 Å². The zero-order valence-corrected chi connectivity index (χ0v) is 23.1. The summed E-state index contributed by atoms with van der Waals surface area (Å²) in [7, 11) is 2.00. The SMILES string of the molecule is Cc1cc2c(C(N)=O)cccc2n1-c1nc(N(C)Cc2ccccc2)c2c(n1)N(C(=O)OC(C)(C)C)CCC2. The van der Waals surface area contributed by atoms with Crippen LogP contribution in [0.1, 0.15) is 54.4 Å². The second-order valence-corrected chi connectivity index (χ2v) is 11.0. The Hall–Kier alpha value is -4.40. The van der Waals surface area contributed by atoms with Gasteiger partial charge in [0.25, 0.3) is 0 Å². The molecule has 2 aromatic carbocycles. The molecule has 0 saturated carbocycles. The number of carbonyl (C=O) groups is 2. The average molecular weight is 527 g/mol. The van der Waals surface area contributed by atoms with Gasteiger partial charge in [-0.1, -0.05) is 36.4 Å². The molecule has 1 aliphatic rings. The topological polar surface area (TPSA) is 107 Å². The Labute approximate surface area is 228 Å². The van der Waals surface area contributed by atoms with Crippen molar-refractivity contribution in [3.63, 3.8) is 0 Å². The number of hydrogen-bond donors (Lipinski definition) is 1. The maximum Gasteiger partial charge on any atom is 0.416 e. The summed E-state index contributed by atoms with van der Waals surface area (Å²) in [5, 5.41) is 0.729. The third-order valence-electron chi connectivity index (χ3n) is 6.75. The number of rotatable bonds is 5. The number of hydrogen-bond acceptors (Lipinski definition) is 6. The molecule has 1 aliphatic heterocycles. The van der Waals surface area contributed by atoms with Gasteiger partial charge in [0.15, 0.2) is 0 Å². The lowest BCUT2D eigenvalue weighted by atomic mass is 10.1. The molecule has 5 rings (SSSR count). The van der Waals surface area contributed by atoms with Gasteiger partial charge in [-0.3, -0.25) is 14.3 Å². The molecular formula is C30H34N6O3. The smallest absolute Gasteiger partial charge is 0.416 e. The average Bonchev–Trinajstić information content (AvgIpc) is 3.22. The van der Waals surface area contributed by atoms with Crippen molar-refractivity contribution in [2.24, 2.45) is 5.73 Å². The van der Waals surface area contributed by atoms with Crippen LogP contribution in [0.5, 0.6) is 0 Å². The Morgan fingerprint density at radius 2 is 1.82 bits per heavy atom. The highest BCUT2D eigenvalue weighted by Crippen LogP contribution is 2.35. The van der Waals surface area contributed by atoms with Gasteiger partial charge < -0.3 is 15.4 Å². The van der Waals surface area contributed by atoms with Crippen LogP contribution in [0, 0.1) is 6.92 Å². The summed E-state index contributed by atoms with van der Waals surface area (Å²) in [6, 6.07) is 17.5. The van der Waals surface area contributed by atoms with Gasteiger partial charge in [-0.25, -0.2) is 4.79 Å². The highest BCUT2D eigenvalue weighted by atomic mass is 16.6. The van der Waals surface area contributed by atoms with Gasteiger partial charge in [0.2, 0.25) is 11.9 Å². The van der Waals surface area contributed by atoms with Gasteiger partial charge in [-0.2, -0.15) is 9.97 Å². The van der Waals surface area contributed by atoms with Gasteiger partial charge >= 0.3 is 6.09 Å². The summed E-state index contributed by atoms with van der Waals surface area (Å²) in [4.78, 5) is 39.2. The number of ether oxygens (including phenoxy) is 1. The molecular weight excluding hydrogens is 492 g/mol. The first-order valence-corrected chi connectivity index (χ1v) is 13.1. The van der Waals surface area contributed by atoms with E-state index < -0.39 is 17.6 Å². The largest absolute Gasteiger partial charge is 0.443 e. The Morgan fingerprint density at radius 1 is 1.08 bits per heavy atom. The summed E-state index contributed by atoms with van der Waals surface area (Å²) < 4.78 is 7.66. The van der Waals surface area contributed by atoms with Crippen LogP contribution in [0.4, 0.5) is 16.4 Å². The Balaban J connectivity index is 1.70. The number of amides is 2. The molecule has 0 bridgehead atoms. The van der Waals surface area contributed by atoms with Crippen LogP contribution in [0.25, 0.3) is 16.9 Å². The van der Waals surface area contributed by atoms with E-state index in [2.05, 4.69) is 17.0 Å². The first-order valence-electron chi connectivity index (χ1n) is 13.1. The predicted molar refractivity (Wildman–Crippen MR) is 153 cm³/mol. The molecule has 0 unspecified atom stereocenters. The van der Waals surface area contributed by atoms with E-state index in [9.17, 15) is 9.59 Å². The molecule has 3 heterocycles. The summed E-state index contributed by atoms with van der Waals surface area (Å²) in [5.41, 5.74) is 9.11. The lowest BCUT2D eigenvalue weighted by Crippen LogP contribution is -2.41. The second kappa shape index (κ2) is 10.1. The predicted octanol–water partition coefficient (Wildman–Crippen LogP) is 5.15. The van der Waals surface area contributed by atoms with E-state index in [-0.39, 0.29) is 0 Å². The Bertz CT molecular complexity index is 1550. The molecule has 0 atom stereocenters. The van der Waals surface area contributed by atoms with Crippen molar-refractivity contribution in [2.75, 3.05) is 23.4 Å². The van der Waals surface area contributed by atoms with E-state index in [1.807, 2.05) is 69.6 Å².